The normalized spacial score (nSPS) is 16.2. The summed E-state index contributed by atoms with van der Waals surface area (Å²) in [6, 6.07) is 4.30. The molecular weight excluding hydrogens is 184 g/mol. The highest BCUT2D eigenvalue weighted by atomic mass is 16.3. The van der Waals surface area contributed by atoms with Crippen molar-refractivity contribution in [2.75, 3.05) is 0 Å². The van der Waals surface area contributed by atoms with Crippen molar-refractivity contribution >= 4 is 0 Å². The molecule has 82 valence electrons. The Morgan fingerprint density at radius 3 is 2.40 bits per heavy atom. The number of aryl methyl sites for hydroxylation is 1. The Labute approximate surface area is 92.1 Å². The zero-order valence-electron chi connectivity index (χ0n) is 9.93. The zero-order chi connectivity index (χ0) is 11.1. The minimum Gasteiger partial charge on any atom is -0.507 e. The zero-order valence-corrected chi connectivity index (χ0v) is 9.93. The summed E-state index contributed by atoms with van der Waals surface area (Å²) in [7, 11) is 0. The van der Waals surface area contributed by atoms with E-state index in [9.17, 15) is 5.11 Å². The molecule has 0 aliphatic heterocycles. The molecule has 15 heavy (non-hydrogen) atoms. The molecule has 0 heterocycles. The van der Waals surface area contributed by atoms with Gasteiger partial charge in [0.1, 0.15) is 5.75 Å². The van der Waals surface area contributed by atoms with Crippen LogP contribution in [0.4, 0.5) is 0 Å². The van der Waals surface area contributed by atoms with Crippen LogP contribution in [0.2, 0.25) is 0 Å². The minimum absolute atomic E-state index is 0.0383. The van der Waals surface area contributed by atoms with Gasteiger partial charge in [-0.2, -0.15) is 0 Å². The second kappa shape index (κ2) is 3.55. The number of aromatic hydroxyl groups is 1. The average Bonchev–Trinajstić information content (AvgIpc) is 2.16. The van der Waals surface area contributed by atoms with Crippen LogP contribution in [0.15, 0.2) is 12.1 Å². The molecule has 0 radical (unpaired) electrons. The Bertz CT molecular complexity index is 372. The third-order valence-corrected chi connectivity index (χ3v) is 3.31. The Morgan fingerprint density at radius 2 is 1.73 bits per heavy atom. The molecule has 0 saturated carbocycles. The number of hydrogen-bond acceptors (Lipinski definition) is 1. The van der Waals surface area contributed by atoms with E-state index in [1.807, 2.05) is 0 Å². The SMILES string of the molecule is CC(C)(C)c1ccc2c(c1O)CCCC2. The molecule has 0 saturated heterocycles. The lowest BCUT2D eigenvalue weighted by Crippen LogP contribution is -2.14. The number of benzene rings is 1. The highest BCUT2D eigenvalue weighted by molar-refractivity contribution is 5.49. The van der Waals surface area contributed by atoms with Crippen LogP contribution in [0.1, 0.15) is 50.3 Å². The van der Waals surface area contributed by atoms with Gasteiger partial charge in [0, 0.05) is 0 Å². The van der Waals surface area contributed by atoms with E-state index in [0.29, 0.717) is 5.75 Å². The topological polar surface area (TPSA) is 20.2 Å². The molecule has 0 spiro atoms. The smallest absolute Gasteiger partial charge is 0.122 e. The fraction of sp³-hybridized carbons (Fsp3) is 0.571. The minimum atomic E-state index is 0.0383. The van der Waals surface area contributed by atoms with Crippen LogP contribution in [-0.4, -0.2) is 5.11 Å². The first-order chi connectivity index (χ1) is 7.00. The molecule has 0 fully saturated rings. The van der Waals surface area contributed by atoms with Crippen molar-refractivity contribution in [1.82, 2.24) is 0 Å². The number of phenolic OH excluding ortho intramolecular Hbond substituents is 1. The van der Waals surface area contributed by atoms with Gasteiger partial charge >= 0.3 is 0 Å². The predicted molar refractivity (Wildman–Crippen MR) is 63.4 cm³/mol. The summed E-state index contributed by atoms with van der Waals surface area (Å²) < 4.78 is 0. The van der Waals surface area contributed by atoms with Gasteiger partial charge in [-0.3, -0.25) is 0 Å². The van der Waals surface area contributed by atoms with Crippen molar-refractivity contribution < 1.29 is 5.11 Å². The first-order valence-electron chi connectivity index (χ1n) is 5.84. The molecule has 2 rings (SSSR count). The molecule has 1 nitrogen and oxygen atoms in total. The Balaban J connectivity index is 2.53. The first-order valence-corrected chi connectivity index (χ1v) is 5.84. The summed E-state index contributed by atoms with van der Waals surface area (Å²) in [5, 5.41) is 10.3. The lowest BCUT2D eigenvalue weighted by molar-refractivity contribution is 0.435. The van der Waals surface area contributed by atoms with Gasteiger partial charge < -0.3 is 5.11 Å². The van der Waals surface area contributed by atoms with E-state index in [0.717, 1.165) is 18.4 Å². The van der Waals surface area contributed by atoms with Crippen LogP contribution in [0.3, 0.4) is 0 Å². The van der Waals surface area contributed by atoms with E-state index in [1.165, 1.54) is 24.0 Å². The number of fused-ring (bicyclic) bond motifs is 1. The van der Waals surface area contributed by atoms with E-state index in [1.54, 1.807) is 0 Å². The van der Waals surface area contributed by atoms with Crippen molar-refractivity contribution in [3.63, 3.8) is 0 Å². The molecule has 1 aromatic carbocycles. The predicted octanol–water partition coefficient (Wildman–Crippen LogP) is 3.57. The molecule has 0 atom stereocenters. The molecule has 0 unspecified atom stereocenters. The molecule has 1 aliphatic carbocycles. The van der Waals surface area contributed by atoms with Crippen LogP contribution in [0.25, 0.3) is 0 Å². The fourth-order valence-corrected chi connectivity index (χ4v) is 2.41. The monoisotopic (exact) mass is 204 g/mol. The summed E-state index contributed by atoms with van der Waals surface area (Å²) in [4.78, 5) is 0. The fourth-order valence-electron chi connectivity index (χ4n) is 2.41. The first kappa shape index (κ1) is 10.5. The third kappa shape index (κ3) is 1.88. The molecular formula is C14H20O. The Hall–Kier alpha value is -0.980. The summed E-state index contributed by atoms with van der Waals surface area (Å²) >= 11 is 0. The molecule has 1 N–H and O–H groups in total. The van der Waals surface area contributed by atoms with Crippen molar-refractivity contribution in [3.05, 3.63) is 28.8 Å². The second-order valence-electron chi connectivity index (χ2n) is 5.56. The van der Waals surface area contributed by atoms with Gasteiger partial charge in [-0.15, -0.1) is 0 Å². The quantitative estimate of drug-likeness (QED) is 0.685. The summed E-state index contributed by atoms with van der Waals surface area (Å²) in [6.07, 6.45) is 4.66. The molecule has 0 amide bonds. The van der Waals surface area contributed by atoms with Gasteiger partial charge in [-0.05, 0) is 47.8 Å². The molecule has 1 aliphatic rings. The number of rotatable bonds is 0. The lowest BCUT2D eigenvalue weighted by Gasteiger charge is -2.25. The number of hydrogen-bond donors (Lipinski definition) is 1. The maximum absolute atomic E-state index is 10.3. The van der Waals surface area contributed by atoms with Gasteiger partial charge in [-0.1, -0.05) is 32.9 Å². The van der Waals surface area contributed by atoms with E-state index in [2.05, 4.69) is 32.9 Å². The van der Waals surface area contributed by atoms with E-state index < -0.39 is 0 Å². The van der Waals surface area contributed by atoms with Crippen molar-refractivity contribution in [2.45, 2.75) is 51.9 Å². The average molecular weight is 204 g/mol. The maximum Gasteiger partial charge on any atom is 0.122 e. The van der Waals surface area contributed by atoms with Gasteiger partial charge in [0.2, 0.25) is 0 Å². The van der Waals surface area contributed by atoms with Crippen molar-refractivity contribution in [2.24, 2.45) is 0 Å². The highest BCUT2D eigenvalue weighted by Crippen LogP contribution is 2.37. The molecule has 1 heteroatoms. The van der Waals surface area contributed by atoms with Gasteiger partial charge in [0.25, 0.3) is 0 Å². The van der Waals surface area contributed by atoms with E-state index in [-0.39, 0.29) is 5.41 Å². The van der Waals surface area contributed by atoms with Crippen LogP contribution >= 0.6 is 0 Å². The van der Waals surface area contributed by atoms with Crippen molar-refractivity contribution in [3.8, 4) is 5.75 Å². The largest absolute Gasteiger partial charge is 0.507 e. The molecule has 0 bridgehead atoms. The van der Waals surface area contributed by atoms with Crippen LogP contribution in [0.5, 0.6) is 5.75 Å². The van der Waals surface area contributed by atoms with Gasteiger partial charge in [-0.25, -0.2) is 0 Å². The van der Waals surface area contributed by atoms with Gasteiger partial charge in [0.15, 0.2) is 0 Å². The Morgan fingerprint density at radius 1 is 1.07 bits per heavy atom. The highest BCUT2D eigenvalue weighted by Gasteiger charge is 2.22. The second-order valence-corrected chi connectivity index (χ2v) is 5.56. The molecule has 1 aromatic rings. The van der Waals surface area contributed by atoms with Crippen molar-refractivity contribution in [1.29, 1.82) is 0 Å². The van der Waals surface area contributed by atoms with E-state index in [4.69, 9.17) is 0 Å². The van der Waals surface area contributed by atoms with Crippen LogP contribution in [-0.2, 0) is 18.3 Å². The van der Waals surface area contributed by atoms with Crippen LogP contribution in [0, 0.1) is 0 Å². The molecule has 0 aromatic heterocycles. The maximum atomic E-state index is 10.3. The van der Waals surface area contributed by atoms with E-state index >= 15 is 0 Å². The standard InChI is InChI=1S/C14H20O/c1-14(2,3)12-9-8-10-6-4-5-7-11(10)13(12)15/h8-9,15H,4-7H2,1-3H3. The van der Waals surface area contributed by atoms with Gasteiger partial charge in [0.05, 0.1) is 0 Å². The summed E-state index contributed by atoms with van der Waals surface area (Å²) in [5.74, 6) is 0.555. The summed E-state index contributed by atoms with van der Waals surface area (Å²) in [6.45, 7) is 6.45. The summed E-state index contributed by atoms with van der Waals surface area (Å²) in [5.41, 5.74) is 3.68. The van der Waals surface area contributed by atoms with Crippen LogP contribution < -0.4 is 0 Å². The third-order valence-electron chi connectivity index (χ3n) is 3.31. The Kier molecular flexibility index (Phi) is 2.49. The lowest BCUT2D eigenvalue weighted by atomic mass is 9.81. The number of phenols is 1.